The Morgan fingerprint density at radius 2 is 1.52 bits per heavy atom. The molecule has 5 N–H and O–H groups in total. The molecule has 9 aromatic rings. The van der Waals surface area contributed by atoms with Crippen LogP contribution in [0.5, 0.6) is 0 Å². The van der Waals surface area contributed by atoms with Gasteiger partial charge in [-0.1, -0.05) is 12.1 Å². The first-order valence-electron chi connectivity index (χ1n) is 20.8. The van der Waals surface area contributed by atoms with Gasteiger partial charge in [-0.05, 0) is 86.7 Å². The van der Waals surface area contributed by atoms with Gasteiger partial charge in [0.15, 0.2) is 17.7 Å². The molecule has 2 aliphatic heterocycles. The van der Waals surface area contributed by atoms with E-state index in [0.29, 0.717) is 99.6 Å². The molecule has 2 aliphatic rings. The van der Waals surface area contributed by atoms with Crippen molar-refractivity contribution in [2.24, 2.45) is 0 Å². The fourth-order valence-electron chi connectivity index (χ4n) is 8.77. The van der Waals surface area contributed by atoms with Crippen molar-refractivity contribution in [2.45, 2.75) is 37.8 Å². The maximum absolute atomic E-state index is 14.0. The first-order chi connectivity index (χ1) is 31.6. The third kappa shape index (κ3) is 7.30. The van der Waals surface area contributed by atoms with Crippen molar-refractivity contribution < 1.29 is 18.4 Å². The maximum Gasteiger partial charge on any atom is 0.291 e. The second kappa shape index (κ2) is 16.3. The summed E-state index contributed by atoms with van der Waals surface area (Å²) in [6.45, 7) is 2.53. The van der Waals surface area contributed by atoms with Crippen molar-refractivity contribution in [1.82, 2.24) is 59.3 Å². The van der Waals surface area contributed by atoms with Crippen LogP contribution >= 0.6 is 31.9 Å². The minimum absolute atomic E-state index is 0.00666. The zero-order chi connectivity index (χ0) is 44.5. The molecule has 0 saturated carbocycles. The summed E-state index contributed by atoms with van der Waals surface area (Å²) in [6, 6.07) is 14.2. The Bertz CT molecular complexity index is 3360. The van der Waals surface area contributed by atoms with E-state index in [0.717, 1.165) is 38.9 Å². The van der Waals surface area contributed by atoms with Crippen LogP contribution in [0.1, 0.15) is 46.3 Å². The lowest BCUT2D eigenvalue weighted by molar-refractivity contribution is -0.135. The number of aromatic nitrogens is 9. The number of oxazole rings is 1. The van der Waals surface area contributed by atoms with E-state index in [-0.39, 0.29) is 41.8 Å². The number of halogens is 3. The van der Waals surface area contributed by atoms with Crippen LogP contribution in [-0.2, 0) is 17.8 Å². The van der Waals surface area contributed by atoms with Gasteiger partial charge in [-0.25, -0.2) is 19.3 Å². The molecule has 0 atom stereocenters. The molecule has 0 radical (unpaired) electrons. The SMILES string of the molecule is Nc1c(Br)c(CNC2CN(C(=O)Cc3cccc4ncc(-c5cnn6c(N)c(Br)c(C7CCN(C(=O)c8cnco8)CC7)nc56)cc34)C2)nc2c(-c3cnc4ccc(F)cc4c3)cnn12. The average molecular weight is 1000 g/mol. The summed E-state index contributed by atoms with van der Waals surface area (Å²) in [4.78, 5) is 53.4. The number of amides is 2. The number of nitrogens with two attached hydrogens (primary N) is 2. The highest BCUT2D eigenvalue weighted by atomic mass is 79.9. The molecule has 2 fully saturated rings. The summed E-state index contributed by atoms with van der Waals surface area (Å²) in [5, 5.41) is 14.1. The minimum Gasteiger partial charge on any atom is -0.438 e. The van der Waals surface area contributed by atoms with Gasteiger partial charge >= 0.3 is 0 Å². The molecular formula is C45H37Br2FN14O3. The molecule has 0 aliphatic carbocycles. The predicted molar refractivity (Wildman–Crippen MR) is 247 cm³/mol. The van der Waals surface area contributed by atoms with E-state index >= 15 is 0 Å². The number of pyridine rings is 2. The van der Waals surface area contributed by atoms with Crippen molar-refractivity contribution in [1.29, 1.82) is 0 Å². The van der Waals surface area contributed by atoms with Gasteiger partial charge < -0.3 is 31.0 Å². The zero-order valence-corrected chi connectivity index (χ0v) is 37.5. The average Bonchev–Trinajstić information content (AvgIpc) is 4.10. The van der Waals surface area contributed by atoms with E-state index < -0.39 is 0 Å². The van der Waals surface area contributed by atoms with Crippen LogP contribution in [0.3, 0.4) is 0 Å². The Hall–Kier alpha value is -6.90. The number of fused-ring (bicyclic) bond motifs is 4. The van der Waals surface area contributed by atoms with E-state index in [1.807, 2.05) is 35.2 Å². The molecule has 2 aromatic carbocycles. The molecule has 2 amide bonds. The van der Waals surface area contributed by atoms with Crippen LogP contribution in [0.15, 0.2) is 99.3 Å². The minimum atomic E-state index is -0.341. The summed E-state index contributed by atoms with van der Waals surface area (Å²) < 4.78 is 23.7. The van der Waals surface area contributed by atoms with E-state index in [4.69, 9.17) is 30.8 Å². The smallest absolute Gasteiger partial charge is 0.291 e. The van der Waals surface area contributed by atoms with Gasteiger partial charge in [0.1, 0.15) is 17.5 Å². The van der Waals surface area contributed by atoms with Crippen molar-refractivity contribution in [3.05, 3.63) is 123 Å². The Morgan fingerprint density at radius 3 is 2.26 bits per heavy atom. The molecule has 326 valence electrons. The van der Waals surface area contributed by atoms with E-state index in [1.54, 1.807) is 44.8 Å². The van der Waals surface area contributed by atoms with Crippen LogP contribution < -0.4 is 16.8 Å². The van der Waals surface area contributed by atoms with Crippen molar-refractivity contribution in [3.8, 4) is 22.3 Å². The molecule has 0 bridgehead atoms. The Balaban J connectivity index is 0.772. The lowest BCUT2D eigenvalue weighted by Gasteiger charge is -2.40. The first kappa shape index (κ1) is 40.8. The lowest BCUT2D eigenvalue weighted by Crippen LogP contribution is -2.59. The summed E-state index contributed by atoms with van der Waals surface area (Å²) in [7, 11) is 0. The van der Waals surface area contributed by atoms with E-state index in [1.165, 1.54) is 24.7 Å². The van der Waals surface area contributed by atoms with Gasteiger partial charge in [0.25, 0.3) is 5.91 Å². The lowest BCUT2D eigenvalue weighted by atomic mass is 9.93. The van der Waals surface area contributed by atoms with Gasteiger partial charge in [-0.2, -0.15) is 19.2 Å². The number of carbonyl (C=O) groups excluding carboxylic acids is 2. The van der Waals surface area contributed by atoms with Gasteiger partial charge in [0, 0.05) is 90.1 Å². The third-order valence-electron chi connectivity index (χ3n) is 12.4. The normalized spacial score (nSPS) is 14.9. The molecule has 2 saturated heterocycles. The molecule has 0 unspecified atom stereocenters. The zero-order valence-electron chi connectivity index (χ0n) is 34.3. The molecule has 17 nitrogen and oxygen atoms in total. The van der Waals surface area contributed by atoms with Crippen LogP contribution in [0, 0.1) is 5.82 Å². The molecule has 20 heteroatoms. The van der Waals surface area contributed by atoms with Crippen molar-refractivity contribution in [3.63, 3.8) is 0 Å². The van der Waals surface area contributed by atoms with Crippen LogP contribution in [0.2, 0.25) is 0 Å². The number of piperidine rings is 1. The number of hydrogen-bond donors (Lipinski definition) is 3. The highest BCUT2D eigenvalue weighted by Crippen LogP contribution is 2.38. The summed E-state index contributed by atoms with van der Waals surface area (Å²) in [5.41, 5.74) is 21.1. The highest BCUT2D eigenvalue weighted by molar-refractivity contribution is 9.11. The molecule has 11 rings (SSSR count). The number of carbonyl (C=O) groups is 2. The Kier molecular flexibility index (Phi) is 10.2. The number of nitrogens with zero attached hydrogens (tertiary/aromatic N) is 11. The topological polar surface area (TPSA) is 217 Å². The number of rotatable bonds is 9. The molecule has 0 spiro atoms. The predicted octanol–water partition coefficient (Wildman–Crippen LogP) is 6.58. The van der Waals surface area contributed by atoms with Crippen LogP contribution in [0.4, 0.5) is 16.0 Å². The second-order valence-corrected chi connectivity index (χ2v) is 17.9. The van der Waals surface area contributed by atoms with E-state index in [9.17, 15) is 14.0 Å². The van der Waals surface area contributed by atoms with Crippen LogP contribution in [0.25, 0.3) is 55.4 Å². The monoisotopic (exact) mass is 998 g/mol. The van der Waals surface area contributed by atoms with Crippen molar-refractivity contribution in [2.75, 3.05) is 37.6 Å². The number of benzene rings is 2. The largest absolute Gasteiger partial charge is 0.438 e. The highest BCUT2D eigenvalue weighted by Gasteiger charge is 2.32. The number of nitrogen functional groups attached to an aromatic ring is 2. The summed E-state index contributed by atoms with van der Waals surface area (Å²) >= 11 is 7.30. The number of hydrogen-bond acceptors (Lipinski definition) is 13. The molecule has 65 heavy (non-hydrogen) atoms. The molecular weight excluding hydrogens is 963 g/mol. The quantitative estimate of drug-likeness (QED) is 0.139. The fraction of sp³-hybridized carbons (Fsp3) is 0.222. The summed E-state index contributed by atoms with van der Waals surface area (Å²) in [6.07, 6.45) is 11.2. The van der Waals surface area contributed by atoms with E-state index in [2.05, 4.69) is 57.3 Å². The number of anilines is 2. The fourth-order valence-corrected chi connectivity index (χ4v) is 9.75. The summed E-state index contributed by atoms with van der Waals surface area (Å²) in [5.74, 6) is 0.574. The second-order valence-electron chi connectivity index (χ2n) is 16.3. The Labute approximate surface area is 385 Å². The van der Waals surface area contributed by atoms with Gasteiger partial charge in [-0.15, -0.1) is 0 Å². The van der Waals surface area contributed by atoms with Gasteiger partial charge in [0.2, 0.25) is 11.7 Å². The molecule has 7 aromatic heterocycles. The van der Waals surface area contributed by atoms with Gasteiger partial charge in [-0.3, -0.25) is 19.6 Å². The van der Waals surface area contributed by atoms with Crippen molar-refractivity contribution >= 4 is 88.4 Å². The number of nitrogens with one attached hydrogen (secondary N) is 1. The van der Waals surface area contributed by atoms with Gasteiger partial charge in [0.05, 0.1) is 56.4 Å². The Morgan fingerprint density at radius 1 is 0.815 bits per heavy atom. The van der Waals surface area contributed by atoms with Crippen LogP contribution in [-0.4, -0.2) is 98.0 Å². The third-order valence-corrected chi connectivity index (χ3v) is 14.0. The maximum atomic E-state index is 14.0. The molecule has 9 heterocycles. The first-order valence-corrected chi connectivity index (χ1v) is 22.4. The number of likely N-dealkylation sites (tertiary alicyclic amines) is 2. The standard InChI is InChI=1S/C45H37Br2FN14O3/c46-38-35(57-43-31(16-55-61(43)41(38)49)26-10-25-11-28(48)4-5-33(25)53-14-26)18-52-29-20-60(21-29)37(63)13-24-2-1-3-34-30(24)12-27(15-54-34)32-17-56-62-42(50)39(47)40(58-44(32)62)23-6-8-59(9-7-23)45(64)36-19-51-22-65-36/h1-5,10-12,14-17,19,22-23,29,52H,6-9,13,18,20-21,49-50H2.